The number of nitrogens with one attached hydrogen (secondary N) is 3. The van der Waals surface area contributed by atoms with Gasteiger partial charge in [-0.2, -0.15) is 0 Å². The number of carbonyl (C=O) groups excluding carboxylic acids is 1. The van der Waals surface area contributed by atoms with Crippen LogP contribution in [0.3, 0.4) is 0 Å². The SMILES string of the molecule is O=C(CCNS(=O)(=O)c1ccc(Br)cc1)NCCNc1ccccc1[N+](=O)[O-]. The molecule has 1 amide bonds. The number of anilines is 1. The molecule has 0 bridgehead atoms. The number of sulfonamides is 1. The lowest BCUT2D eigenvalue weighted by Gasteiger charge is -2.09. The van der Waals surface area contributed by atoms with Crippen molar-refractivity contribution in [2.24, 2.45) is 0 Å². The predicted molar refractivity (Wildman–Crippen MR) is 109 cm³/mol. The third-order valence-electron chi connectivity index (χ3n) is 3.63. The molecule has 0 saturated carbocycles. The van der Waals surface area contributed by atoms with Gasteiger partial charge in [0.05, 0.1) is 9.82 Å². The summed E-state index contributed by atoms with van der Waals surface area (Å²) in [4.78, 5) is 22.4. The van der Waals surface area contributed by atoms with Gasteiger partial charge in [0.2, 0.25) is 15.9 Å². The average molecular weight is 471 g/mol. The largest absolute Gasteiger partial charge is 0.378 e. The molecule has 0 aliphatic carbocycles. The summed E-state index contributed by atoms with van der Waals surface area (Å²) in [6.45, 7) is 0.493. The molecule has 3 N–H and O–H groups in total. The van der Waals surface area contributed by atoms with Crippen LogP contribution < -0.4 is 15.4 Å². The fourth-order valence-electron chi connectivity index (χ4n) is 2.27. The highest BCUT2D eigenvalue weighted by Crippen LogP contribution is 2.22. The Balaban J connectivity index is 1.71. The number of rotatable bonds is 10. The van der Waals surface area contributed by atoms with Crippen molar-refractivity contribution in [3.63, 3.8) is 0 Å². The van der Waals surface area contributed by atoms with Crippen LogP contribution in [0.5, 0.6) is 0 Å². The second kappa shape index (κ2) is 10.2. The number of para-hydroxylation sites is 2. The van der Waals surface area contributed by atoms with Gasteiger partial charge in [0, 0.05) is 36.6 Å². The van der Waals surface area contributed by atoms with Gasteiger partial charge in [0.15, 0.2) is 0 Å². The molecule has 2 aromatic carbocycles. The van der Waals surface area contributed by atoms with Gasteiger partial charge in [-0.15, -0.1) is 0 Å². The van der Waals surface area contributed by atoms with Gasteiger partial charge in [-0.1, -0.05) is 28.1 Å². The molecule has 2 rings (SSSR count). The highest BCUT2D eigenvalue weighted by atomic mass is 79.9. The molecule has 0 unspecified atom stereocenters. The summed E-state index contributed by atoms with van der Waals surface area (Å²) in [5.74, 6) is -0.331. The third kappa shape index (κ3) is 6.59. The summed E-state index contributed by atoms with van der Waals surface area (Å²) in [5.41, 5.74) is 0.320. The Labute approximate surface area is 170 Å². The molecule has 0 spiro atoms. The van der Waals surface area contributed by atoms with Crippen LogP contribution in [-0.4, -0.2) is 38.9 Å². The Kier molecular flexibility index (Phi) is 7.91. The van der Waals surface area contributed by atoms with Gasteiger partial charge >= 0.3 is 0 Å². The van der Waals surface area contributed by atoms with E-state index in [9.17, 15) is 23.3 Å². The monoisotopic (exact) mass is 470 g/mol. The van der Waals surface area contributed by atoms with Crippen molar-refractivity contribution in [2.75, 3.05) is 25.0 Å². The number of hydrogen-bond donors (Lipinski definition) is 3. The van der Waals surface area contributed by atoms with Crippen molar-refractivity contribution < 1.29 is 18.1 Å². The zero-order valence-corrected chi connectivity index (χ0v) is 17.1. The summed E-state index contributed by atoms with van der Waals surface area (Å²) in [6, 6.07) is 12.4. The molecule has 0 fully saturated rings. The number of nitro benzene ring substituents is 1. The summed E-state index contributed by atoms with van der Waals surface area (Å²) in [5, 5.41) is 16.4. The molecule has 0 heterocycles. The number of nitrogens with zero attached hydrogens (tertiary/aromatic N) is 1. The summed E-state index contributed by atoms with van der Waals surface area (Å²) in [7, 11) is -3.67. The molecule has 28 heavy (non-hydrogen) atoms. The maximum absolute atomic E-state index is 12.1. The van der Waals surface area contributed by atoms with E-state index >= 15 is 0 Å². The molecule has 0 aromatic heterocycles. The van der Waals surface area contributed by atoms with E-state index in [-0.39, 0.29) is 36.0 Å². The molecule has 0 saturated heterocycles. The van der Waals surface area contributed by atoms with E-state index in [2.05, 4.69) is 31.3 Å². The number of carbonyl (C=O) groups is 1. The fraction of sp³-hybridized carbons (Fsp3) is 0.235. The van der Waals surface area contributed by atoms with Crippen LogP contribution in [0.1, 0.15) is 6.42 Å². The maximum atomic E-state index is 12.1. The van der Waals surface area contributed by atoms with Gasteiger partial charge in [-0.25, -0.2) is 13.1 Å². The highest BCUT2D eigenvalue weighted by molar-refractivity contribution is 9.10. The van der Waals surface area contributed by atoms with Crippen molar-refractivity contribution in [3.05, 3.63) is 63.1 Å². The Morgan fingerprint density at radius 1 is 1.04 bits per heavy atom. The fourth-order valence-corrected chi connectivity index (χ4v) is 3.56. The molecular formula is C17H19BrN4O5S. The van der Waals surface area contributed by atoms with Crippen molar-refractivity contribution >= 4 is 43.2 Å². The van der Waals surface area contributed by atoms with Crippen LogP contribution in [-0.2, 0) is 14.8 Å². The Morgan fingerprint density at radius 3 is 2.39 bits per heavy atom. The first-order valence-electron chi connectivity index (χ1n) is 8.29. The zero-order chi connectivity index (χ0) is 20.6. The molecule has 2 aromatic rings. The van der Waals surface area contributed by atoms with Crippen LogP contribution in [0.4, 0.5) is 11.4 Å². The van der Waals surface area contributed by atoms with E-state index in [1.807, 2.05) is 0 Å². The molecule has 11 heteroatoms. The smallest absolute Gasteiger partial charge is 0.292 e. The van der Waals surface area contributed by atoms with Crippen LogP contribution in [0.15, 0.2) is 57.9 Å². The summed E-state index contributed by atoms with van der Waals surface area (Å²) < 4.78 is 27.3. The first kappa shape index (κ1) is 21.8. The van der Waals surface area contributed by atoms with Crippen LogP contribution in [0.25, 0.3) is 0 Å². The van der Waals surface area contributed by atoms with E-state index < -0.39 is 14.9 Å². The third-order valence-corrected chi connectivity index (χ3v) is 5.64. The van der Waals surface area contributed by atoms with Crippen molar-refractivity contribution in [2.45, 2.75) is 11.3 Å². The Bertz CT molecular complexity index is 935. The van der Waals surface area contributed by atoms with Crippen molar-refractivity contribution in [1.82, 2.24) is 10.0 Å². The van der Waals surface area contributed by atoms with E-state index in [4.69, 9.17) is 0 Å². The molecule has 9 nitrogen and oxygen atoms in total. The summed E-state index contributed by atoms with van der Waals surface area (Å²) >= 11 is 3.23. The molecule has 0 radical (unpaired) electrons. The first-order chi connectivity index (χ1) is 13.3. The lowest BCUT2D eigenvalue weighted by atomic mass is 10.2. The highest BCUT2D eigenvalue weighted by Gasteiger charge is 2.14. The molecule has 0 aliphatic rings. The number of benzene rings is 2. The zero-order valence-electron chi connectivity index (χ0n) is 14.7. The molecule has 0 atom stereocenters. The minimum absolute atomic E-state index is 0.0265. The number of halogens is 1. The maximum Gasteiger partial charge on any atom is 0.292 e. The van der Waals surface area contributed by atoms with E-state index in [1.165, 1.54) is 18.2 Å². The molecular weight excluding hydrogens is 452 g/mol. The minimum Gasteiger partial charge on any atom is -0.378 e. The van der Waals surface area contributed by atoms with Gasteiger partial charge in [0.25, 0.3) is 5.69 Å². The second-order valence-electron chi connectivity index (χ2n) is 5.65. The van der Waals surface area contributed by atoms with Crippen molar-refractivity contribution in [3.8, 4) is 0 Å². The second-order valence-corrected chi connectivity index (χ2v) is 8.34. The summed E-state index contributed by atoms with van der Waals surface area (Å²) in [6.07, 6.45) is -0.0265. The Hall–Kier alpha value is -2.50. The van der Waals surface area contributed by atoms with Gasteiger partial charge in [-0.05, 0) is 30.3 Å². The quantitative estimate of drug-likeness (QED) is 0.277. The van der Waals surface area contributed by atoms with Crippen LogP contribution in [0.2, 0.25) is 0 Å². The molecule has 150 valence electrons. The van der Waals surface area contributed by atoms with Crippen LogP contribution in [0, 0.1) is 10.1 Å². The Morgan fingerprint density at radius 2 is 1.71 bits per heavy atom. The van der Waals surface area contributed by atoms with Gasteiger partial charge < -0.3 is 10.6 Å². The van der Waals surface area contributed by atoms with Gasteiger partial charge in [0.1, 0.15) is 5.69 Å². The molecule has 0 aliphatic heterocycles. The number of amides is 1. The number of nitro groups is 1. The van der Waals surface area contributed by atoms with Crippen molar-refractivity contribution in [1.29, 1.82) is 0 Å². The van der Waals surface area contributed by atoms with E-state index in [1.54, 1.807) is 30.3 Å². The topological polar surface area (TPSA) is 130 Å². The predicted octanol–water partition coefficient (Wildman–Crippen LogP) is 2.25. The lowest BCUT2D eigenvalue weighted by Crippen LogP contribution is -2.33. The minimum atomic E-state index is -3.67. The lowest BCUT2D eigenvalue weighted by molar-refractivity contribution is -0.384. The van der Waals surface area contributed by atoms with E-state index in [0.717, 1.165) is 4.47 Å². The number of hydrogen-bond acceptors (Lipinski definition) is 6. The van der Waals surface area contributed by atoms with E-state index in [0.29, 0.717) is 12.2 Å². The van der Waals surface area contributed by atoms with Gasteiger partial charge in [-0.3, -0.25) is 14.9 Å². The van der Waals surface area contributed by atoms with Crippen LogP contribution >= 0.6 is 15.9 Å². The average Bonchev–Trinajstić information content (AvgIpc) is 2.65. The normalized spacial score (nSPS) is 11.0. The first-order valence-corrected chi connectivity index (χ1v) is 10.6. The standard InChI is InChI=1S/C17H19BrN4O5S/c18-13-5-7-14(8-6-13)28(26,27)21-10-9-17(23)20-12-11-19-15-3-1-2-4-16(15)22(24)25/h1-8,19,21H,9-12H2,(H,20,23).